The van der Waals surface area contributed by atoms with Crippen LogP contribution in [0.1, 0.15) is 10.4 Å². The molecular formula is C15H13BrO4S. The Labute approximate surface area is 134 Å². The molecule has 0 aliphatic carbocycles. The van der Waals surface area contributed by atoms with Crippen LogP contribution in [-0.2, 0) is 11.4 Å². The number of rotatable bonds is 6. The van der Waals surface area contributed by atoms with Crippen LogP contribution in [0.3, 0.4) is 0 Å². The monoisotopic (exact) mass is 368 g/mol. The van der Waals surface area contributed by atoms with E-state index in [2.05, 4.69) is 15.9 Å². The van der Waals surface area contributed by atoms with Crippen molar-refractivity contribution < 1.29 is 19.4 Å². The van der Waals surface area contributed by atoms with Gasteiger partial charge in [0.05, 0.1) is 7.11 Å². The number of hydrogen-bond acceptors (Lipinski definition) is 4. The van der Waals surface area contributed by atoms with E-state index in [-0.39, 0.29) is 0 Å². The number of carboxylic acids is 1. The maximum Gasteiger partial charge on any atom is 0.328 e. The molecule has 0 aliphatic rings. The zero-order valence-corrected chi connectivity index (χ0v) is 13.6. The molecule has 0 radical (unpaired) electrons. The van der Waals surface area contributed by atoms with Gasteiger partial charge in [-0.1, -0.05) is 12.1 Å². The highest BCUT2D eigenvalue weighted by Gasteiger charge is 2.10. The number of ether oxygens (including phenoxy) is 2. The zero-order valence-electron chi connectivity index (χ0n) is 11.2. The molecule has 0 unspecified atom stereocenters. The Morgan fingerprint density at radius 3 is 2.90 bits per heavy atom. The summed E-state index contributed by atoms with van der Waals surface area (Å²) in [4.78, 5) is 11.7. The predicted octanol–water partition coefficient (Wildman–Crippen LogP) is 4.20. The highest BCUT2D eigenvalue weighted by molar-refractivity contribution is 9.10. The topological polar surface area (TPSA) is 55.8 Å². The molecule has 21 heavy (non-hydrogen) atoms. The maximum absolute atomic E-state index is 10.7. The predicted molar refractivity (Wildman–Crippen MR) is 86.0 cm³/mol. The van der Waals surface area contributed by atoms with Crippen LogP contribution in [0.2, 0.25) is 0 Å². The van der Waals surface area contributed by atoms with Crippen LogP contribution >= 0.6 is 27.3 Å². The van der Waals surface area contributed by atoms with Crippen molar-refractivity contribution in [2.75, 3.05) is 7.11 Å². The largest absolute Gasteiger partial charge is 0.493 e. The lowest BCUT2D eigenvalue weighted by Gasteiger charge is -2.12. The standard InChI is InChI=1S/C15H13BrO4S/c1-19-13-4-2-3-10(5-6-14(17)18)15(13)20-8-12-7-11(16)9-21-12/h2-7,9H,8H2,1H3,(H,17,18). The van der Waals surface area contributed by atoms with E-state index in [4.69, 9.17) is 14.6 Å². The van der Waals surface area contributed by atoms with Crippen molar-refractivity contribution in [3.05, 3.63) is 50.6 Å². The number of hydrogen-bond donors (Lipinski definition) is 1. The Morgan fingerprint density at radius 2 is 2.29 bits per heavy atom. The summed E-state index contributed by atoms with van der Waals surface area (Å²) in [5.74, 6) is 0.0890. The van der Waals surface area contributed by atoms with Crippen molar-refractivity contribution in [1.82, 2.24) is 0 Å². The van der Waals surface area contributed by atoms with Gasteiger partial charge in [0, 0.05) is 26.4 Å². The van der Waals surface area contributed by atoms with E-state index in [1.807, 2.05) is 11.4 Å². The third kappa shape index (κ3) is 4.34. The number of halogens is 1. The first kappa shape index (κ1) is 15.6. The second kappa shape index (κ2) is 7.28. The summed E-state index contributed by atoms with van der Waals surface area (Å²) < 4.78 is 12.1. The van der Waals surface area contributed by atoms with Gasteiger partial charge in [0.15, 0.2) is 11.5 Å². The summed E-state index contributed by atoms with van der Waals surface area (Å²) in [6.07, 6.45) is 2.56. The Hall–Kier alpha value is -1.79. The van der Waals surface area contributed by atoms with Gasteiger partial charge in [-0.15, -0.1) is 11.3 Å². The quantitative estimate of drug-likeness (QED) is 0.776. The summed E-state index contributed by atoms with van der Waals surface area (Å²) in [7, 11) is 1.55. The normalized spacial score (nSPS) is 10.8. The first-order valence-corrected chi connectivity index (χ1v) is 7.71. The van der Waals surface area contributed by atoms with Crippen molar-refractivity contribution in [1.29, 1.82) is 0 Å². The van der Waals surface area contributed by atoms with Crippen LogP contribution in [0.25, 0.3) is 6.08 Å². The van der Waals surface area contributed by atoms with Crippen LogP contribution in [0, 0.1) is 0 Å². The smallest absolute Gasteiger partial charge is 0.328 e. The highest BCUT2D eigenvalue weighted by atomic mass is 79.9. The van der Waals surface area contributed by atoms with Crippen molar-refractivity contribution in [3.8, 4) is 11.5 Å². The zero-order chi connectivity index (χ0) is 15.2. The minimum atomic E-state index is -1.01. The van der Waals surface area contributed by atoms with Crippen LogP contribution in [0.4, 0.5) is 0 Å². The van der Waals surface area contributed by atoms with Gasteiger partial charge in [-0.3, -0.25) is 0 Å². The van der Waals surface area contributed by atoms with E-state index in [0.717, 1.165) is 15.4 Å². The third-order valence-electron chi connectivity index (χ3n) is 2.62. The average molecular weight is 369 g/mol. The fourth-order valence-corrected chi connectivity index (χ4v) is 3.08. The molecule has 0 atom stereocenters. The maximum atomic E-state index is 10.7. The molecule has 2 rings (SSSR count). The van der Waals surface area contributed by atoms with Crippen molar-refractivity contribution in [2.24, 2.45) is 0 Å². The molecule has 4 nitrogen and oxygen atoms in total. The second-order valence-corrected chi connectivity index (χ2v) is 5.98. The summed E-state index contributed by atoms with van der Waals surface area (Å²) in [6, 6.07) is 7.32. The fraction of sp³-hybridized carbons (Fsp3) is 0.133. The minimum absolute atomic E-state index is 0.393. The Kier molecular flexibility index (Phi) is 5.41. The van der Waals surface area contributed by atoms with Gasteiger partial charge in [0.1, 0.15) is 6.61 Å². The highest BCUT2D eigenvalue weighted by Crippen LogP contribution is 2.33. The van der Waals surface area contributed by atoms with E-state index in [0.29, 0.717) is 23.7 Å². The number of benzene rings is 1. The molecule has 110 valence electrons. The number of carbonyl (C=O) groups is 1. The molecule has 0 saturated heterocycles. The van der Waals surface area contributed by atoms with Crippen molar-refractivity contribution in [2.45, 2.75) is 6.61 Å². The molecule has 1 heterocycles. The average Bonchev–Trinajstić information content (AvgIpc) is 2.88. The Morgan fingerprint density at radius 1 is 1.48 bits per heavy atom. The Balaban J connectivity index is 2.24. The first-order valence-electron chi connectivity index (χ1n) is 6.04. The Bertz CT molecular complexity index is 663. The molecule has 1 aromatic heterocycles. The molecule has 2 aromatic rings. The molecule has 1 aromatic carbocycles. The summed E-state index contributed by atoms with van der Waals surface area (Å²) in [5, 5.41) is 10.7. The van der Waals surface area contributed by atoms with E-state index in [1.165, 1.54) is 6.08 Å². The van der Waals surface area contributed by atoms with Gasteiger partial charge in [-0.25, -0.2) is 4.79 Å². The molecule has 0 saturated carbocycles. The molecule has 1 N–H and O–H groups in total. The van der Waals surface area contributed by atoms with E-state index in [1.54, 1.807) is 36.6 Å². The van der Waals surface area contributed by atoms with Crippen LogP contribution in [0.5, 0.6) is 11.5 Å². The van der Waals surface area contributed by atoms with Gasteiger partial charge < -0.3 is 14.6 Å². The van der Waals surface area contributed by atoms with Crippen molar-refractivity contribution >= 4 is 39.3 Å². The lowest BCUT2D eigenvalue weighted by Crippen LogP contribution is -1.98. The fourth-order valence-electron chi connectivity index (χ4n) is 1.71. The van der Waals surface area contributed by atoms with E-state index >= 15 is 0 Å². The lowest BCUT2D eigenvalue weighted by molar-refractivity contribution is -0.131. The number of para-hydroxylation sites is 1. The van der Waals surface area contributed by atoms with Gasteiger partial charge in [0.25, 0.3) is 0 Å². The minimum Gasteiger partial charge on any atom is -0.493 e. The van der Waals surface area contributed by atoms with Gasteiger partial charge >= 0.3 is 5.97 Å². The molecule has 6 heteroatoms. The number of thiophene rings is 1. The van der Waals surface area contributed by atoms with Crippen LogP contribution in [-0.4, -0.2) is 18.2 Å². The second-order valence-electron chi connectivity index (χ2n) is 4.07. The van der Waals surface area contributed by atoms with Gasteiger partial charge in [0.2, 0.25) is 0 Å². The SMILES string of the molecule is COc1cccc(C=CC(=O)O)c1OCc1cc(Br)cs1. The molecular weight excluding hydrogens is 356 g/mol. The van der Waals surface area contributed by atoms with Gasteiger partial charge in [-0.2, -0.15) is 0 Å². The number of aliphatic carboxylic acids is 1. The summed E-state index contributed by atoms with van der Waals surface area (Å²) >= 11 is 4.98. The summed E-state index contributed by atoms with van der Waals surface area (Å²) in [5.41, 5.74) is 0.660. The molecule has 0 spiro atoms. The van der Waals surface area contributed by atoms with Crippen LogP contribution in [0.15, 0.2) is 40.2 Å². The van der Waals surface area contributed by atoms with Gasteiger partial charge in [-0.05, 0) is 34.1 Å². The molecule has 0 amide bonds. The number of methoxy groups -OCH3 is 1. The van der Waals surface area contributed by atoms with E-state index < -0.39 is 5.97 Å². The van der Waals surface area contributed by atoms with E-state index in [9.17, 15) is 4.79 Å². The first-order chi connectivity index (χ1) is 10.1. The lowest BCUT2D eigenvalue weighted by atomic mass is 10.1. The molecule has 0 fully saturated rings. The third-order valence-corrected chi connectivity index (χ3v) is 4.29. The molecule has 0 bridgehead atoms. The van der Waals surface area contributed by atoms with Crippen molar-refractivity contribution in [3.63, 3.8) is 0 Å². The van der Waals surface area contributed by atoms with Crippen LogP contribution < -0.4 is 9.47 Å². The number of carboxylic acid groups (broad SMARTS) is 1. The molecule has 0 aliphatic heterocycles. The summed E-state index contributed by atoms with van der Waals surface area (Å²) in [6.45, 7) is 0.393.